The fraction of sp³-hybridized carbons (Fsp3) is 0.429. The third-order valence-electron chi connectivity index (χ3n) is 5.10. The van der Waals surface area contributed by atoms with E-state index >= 15 is 0 Å². The molecule has 0 N–H and O–H groups in total. The lowest BCUT2D eigenvalue weighted by molar-refractivity contribution is -0.143. The molecule has 1 aliphatic rings. The number of aryl methyl sites for hydroxylation is 1. The maximum absolute atomic E-state index is 13.2. The zero-order chi connectivity index (χ0) is 19.4. The SMILES string of the molecule is CCN(CC(=O)N1CCc2sccc2[C@@H]1c1ccccc1C)C(=O)COC. The maximum atomic E-state index is 13.2. The zero-order valence-electron chi connectivity index (χ0n) is 16.1. The van der Waals surface area contributed by atoms with E-state index in [0.29, 0.717) is 13.1 Å². The van der Waals surface area contributed by atoms with E-state index in [4.69, 9.17) is 4.74 Å². The predicted octanol–water partition coefficient (Wildman–Crippen LogP) is 3.03. The first-order valence-corrected chi connectivity index (χ1v) is 10.1. The van der Waals surface area contributed by atoms with Crippen molar-refractivity contribution in [2.45, 2.75) is 26.3 Å². The third kappa shape index (κ3) is 4.06. The maximum Gasteiger partial charge on any atom is 0.249 e. The lowest BCUT2D eigenvalue weighted by atomic mass is 9.90. The van der Waals surface area contributed by atoms with Gasteiger partial charge >= 0.3 is 0 Å². The van der Waals surface area contributed by atoms with Gasteiger partial charge in [-0.15, -0.1) is 11.3 Å². The van der Waals surface area contributed by atoms with Crippen molar-refractivity contribution in [3.8, 4) is 0 Å². The summed E-state index contributed by atoms with van der Waals surface area (Å²) in [4.78, 5) is 30.2. The van der Waals surface area contributed by atoms with Crippen molar-refractivity contribution in [1.29, 1.82) is 0 Å². The number of amides is 2. The standard InChI is InChI=1S/C21H26N2O3S/c1-4-22(20(25)14-26-3)13-19(24)23-11-9-18-17(10-12-27-18)21(23)16-8-6-5-7-15(16)2/h5-8,10,12,21H,4,9,11,13-14H2,1-3H3/t21-/m0/s1. The highest BCUT2D eigenvalue weighted by Crippen LogP contribution is 2.38. The zero-order valence-corrected chi connectivity index (χ0v) is 16.9. The number of hydrogen-bond donors (Lipinski definition) is 0. The number of carbonyl (C=O) groups is 2. The molecule has 2 heterocycles. The number of hydrogen-bond acceptors (Lipinski definition) is 4. The van der Waals surface area contributed by atoms with E-state index in [1.54, 1.807) is 16.2 Å². The van der Waals surface area contributed by atoms with E-state index in [0.717, 1.165) is 12.0 Å². The van der Waals surface area contributed by atoms with Gasteiger partial charge in [-0.25, -0.2) is 0 Å². The van der Waals surface area contributed by atoms with E-state index in [-0.39, 0.29) is 31.0 Å². The molecular weight excluding hydrogens is 360 g/mol. The van der Waals surface area contributed by atoms with Crippen molar-refractivity contribution < 1.29 is 14.3 Å². The van der Waals surface area contributed by atoms with Crippen LogP contribution in [0, 0.1) is 6.92 Å². The highest BCUT2D eigenvalue weighted by Gasteiger charge is 2.34. The molecule has 5 nitrogen and oxygen atoms in total. The average Bonchev–Trinajstić information content (AvgIpc) is 3.14. The van der Waals surface area contributed by atoms with Crippen LogP contribution in [0.1, 0.15) is 34.5 Å². The van der Waals surface area contributed by atoms with Crippen molar-refractivity contribution >= 4 is 23.2 Å². The molecule has 1 aromatic carbocycles. The number of methoxy groups -OCH3 is 1. The van der Waals surface area contributed by atoms with Gasteiger partial charge in [-0.1, -0.05) is 24.3 Å². The molecule has 6 heteroatoms. The van der Waals surface area contributed by atoms with E-state index in [1.165, 1.54) is 23.1 Å². The Hall–Kier alpha value is -2.18. The Morgan fingerprint density at radius 2 is 2.04 bits per heavy atom. The lowest BCUT2D eigenvalue weighted by Crippen LogP contribution is -2.47. The second kappa shape index (κ2) is 8.67. The van der Waals surface area contributed by atoms with Crippen LogP contribution in [0.2, 0.25) is 0 Å². The van der Waals surface area contributed by atoms with Gasteiger partial charge in [-0.2, -0.15) is 0 Å². The molecule has 0 saturated heterocycles. The summed E-state index contributed by atoms with van der Waals surface area (Å²) >= 11 is 1.75. The Morgan fingerprint density at radius 1 is 1.26 bits per heavy atom. The molecule has 0 spiro atoms. The molecule has 0 saturated carbocycles. The molecule has 3 rings (SSSR count). The average molecular weight is 387 g/mol. The summed E-state index contributed by atoms with van der Waals surface area (Å²) < 4.78 is 4.94. The van der Waals surface area contributed by atoms with Crippen LogP contribution in [-0.2, 0) is 20.7 Å². The third-order valence-corrected chi connectivity index (χ3v) is 6.09. The Bertz CT molecular complexity index is 817. The lowest BCUT2D eigenvalue weighted by Gasteiger charge is -2.38. The minimum absolute atomic E-state index is 0.00296. The number of nitrogens with zero attached hydrogens (tertiary/aromatic N) is 2. The van der Waals surface area contributed by atoms with E-state index < -0.39 is 0 Å². The highest BCUT2D eigenvalue weighted by molar-refractivity contribution is 7.10. The van der Waals surface area contributed by atoms with Crippen molar-refractivity contribution in [2.75, 3.05) is 33.4 Å². The molecule has 1 aliphatic heterocycles. The molecule has 0 unspecified atom stereocenters. The van der Waals surface area contributed by atoms with Crippen molar-refractivity contribution in [1.82, 2.24) is 9.80 Å². The largest absolute Gasteiger partial charge is 0.375 e. The highest BCUT2D eigenvalue weighted by atomic mass is 32.1. The van der Waals surface area contributed by atoms with E-state index in [9.17, 15) is 9.59 Å². The van der Waals surface area contributed by atoms with Crippen molar-refractivity contribution in [3.05, 3.63) is 57.3 Å². The summed E-state index contributed by atoms with van der Waals surface area (Å²) in [5, 5.41) is 2.10. The molecule has 0 bridgehead atoms. The number of carbonyl (C=O) groups excluding carboxylic acids is 2. The molecule has 2 amide bonds. The Labute approximate surface area is 164 Å². The predicted molar refractivity (Wildman–Crippen MR) is 107 cm³/mol. The minimum atomic E-state index is -0.158. The van der Waals surface area contributed by atoms with Crippen LogP contribution in [0.15, 0.2) is 35.7 Å². The van der Waals surface area contributed by atoms with Crippen LogP contribution < -0.4 is 0 Å². The number of thiophene rings is 1. The van der Waals surface area contributed by atoms with Crippen LogP contribution in [0.5, 0.6) is 0 Å². The fourth-order valence-electron chi connectivity index (χ4n) is 3.66. The topological polar surface area (TPSA) is 49.9 Å². The van der Waals surface area contributed by atoms with Crippen molar-refractivity contribution in [3.63, 3.8) is 0 Å². The normalized spacial score (nSPS) is 16.1. The fourth-order valence-corrected chi connectivity index (χ4v) is 4.56. The molecular formula is C21H26N2O3S. The van der Waals surface area contributed by atoms with Gasteiger partial charge in [0.25, 0.3) is 0 Å². The Kier molecular flexibility index (Phi) is 6.29. The number of benzene rings is 1. The van der Waals surface area contributed by atoms with Gasteiger partial charge in [-0.05, 0) is 48.4 Å². The number of ether oxygens (including phenoxy) is 1. The van der Waals surface area contributed by atoms with Crippen LogP contribution in [-0.4, -0.2) is 55.0 Å². The second-order valence-corrected chi connectivity index (χ2v) is 7.74. The monoisotopic (exact) mass is 386 g/mol. The van der Waals surface area contributed by atoms with E-state index in [1.807, 2.05) is 24.0 Å². The molecule has 0 fully saturated rings. The smallest absolute Gasteiger partial charge is 0.249 e. The first kappa shape index (κ1) is 19.6. The molecule has 1 aromatic heterocycles. The first-order chi connectivity index (χ1) is 13.1. The quantitative estimate of drug-likeness (QED) is 0.767. The molecule has 0 aliphatic carbocycles. The van der Waals surface area contributed by atoms with E-state index in [2.05, 4.69) is 30.5 Å². The Morgan fingerprint density at radius 3 is 2.74 bits per heavy atom. The Balaban J connectivity index is 1.90. The number of likely N-dealkylation sites (N-methyl/N-ethyl adjacent to an activating group) is 1. The molecule has 1 atom stereocenters. The molecule has 144 valence electrons. The van der Waals surface area contributed by atoms with Crippen LogP contribution in [0.4, 0.5) is 0 Å². The van der Waals surface area contributed by atoms with Crippen LogP contribution >= 0.6 is 11.3 Å². The summed E-state index contributed by atoms with van der Waals surface area (Å²) in [5.41, 5.74) is 3.53. The van der Waals surface area contributed by atoms with Gasteiger partial charge < -0.3 is 14.5 Å². The van der Waals surface area contributed by atoms with Crippen molar-refractivity contribution in [2.24, 2.45) is 0 Å². The van der Waals surface area contributed by atoms with Crippen LogP contribution in [0.3, 0.4) is 0 Å². The van der Waals surface area contributed by atoms with Gasteiger partial charge in [0.1, 0.15) is 6.61 Å². The summed E-state index contributed by atoms with van der Waals surface area (Å²) in [6.07, 6.45) is 0.860. The van der Waals surface area contributed by atoms with Crippen LogP contribution in [0.25, 0.3) is 0 Å². The summed E-state index contributed by atoms with van der Waals surface area (Å²) in [6.45, 7) is 5.20. The summed E-state index contributed by atoms with van der Waals surface area (Å²) in [5.74, 6) is -0.180. The minimum Gasteiger partial charge on any atom is -0.375 e. The van der Waals surface area contributed by atoms with Gasteiger partial charge in [0.15, 0.2) is 0 Å². The summed E-state index contributed by atoms with van der Waals surface area (Å²) in [6, 6.07) is 10.3. The first-order valence-electron chi connectivity index (χ1n) is 9.24. The molecule has 2 aromatic rings. The number of rotatable bonds is 6. The second-order valence-electron chi connectivity index (χ2n) is 6.74. The number of fused-ring (bicyclic) bond motifs is 1. The van der Waals surface area contributed by atoms with Gasteiger partial charge in [0.2, 0.25) is 11.8 Å². The van der Waals surface area contributed by atoms with Gasteiger partial charge in [0.05, 0.1) is 12.6 Å². The van der Waals surface area contributed by atoms with Gasteiger partial charge in [0, 0.05) is 25.1 Å². The van der Waals surface area contributed by atoms with Gasteiger partial charge in [-0.3, -0.25) is 9.59 Å². The molecule has 27 heavy (non-hydrogen) atoms. The molecule has 0 radical (unpaired) electrons. The summed E-state index contributed by atoms with van der Waals surface area (Å²) in [7, 11) is 1.49.